The third kappa shape index (κ3) is 5.54. The Hall–Kier alpha value is -2.46. The lowest BCUT2D eigenvalue weighted by molar-refractivity contribution is -0.137. The lowest BCUT2D eigenvalue weighted by Gasteiger charge is -2.22. The van der Waals surface area contributed by atoms with Crippen molar-refractivity contribution in [3.8, 4) is 16.9 Å². The molecule has 0 amide bonds. The van der Waals surface area contributed by atoms with Crippen molar-refractivity contribution >= 4 is 11.6 Å². The Morgan fingerprint density at radius 2 is 1.55 bits per heavy atom. The van der Waals surface area contributed by atoms with E-state index in [0.29, 0.717) is 27.8 Å². The van der Waals surface area contributed by atoms with Crippen molar-refractivity contribution in [2.45, 2.75) is 32.5 Å². The molecular weight excluding hydrogens is 397 g/mol. The van der Waals surface area contributed by atoms with E-state index in [4.69, 9.17) is 16.3 Å². The molecule has 0 aliphatic heterocycles. The molecule has 3 rings (SSSR count). The predicted molar refractivity (Wildman–Crippen MR) is 111 cm³/mol. The van der Waals surface area contributed by atoms with Gasteiger partial charge in [0.2, 0.25) is 0 Å². The fourth-order valence-corrected chi connectivity index (χ4v) is 3.43. The first kappa shape index (κ1) is 21.3. The van der Waals surface area contributed by atoms with E-state index in [0.717, 1.165) is 24.1 Å². The van der Waals surface area contributed by atoms with Gasteiger partial charge in [-0.15, -0.1) is 0 Å². The van der Waals surface area contributed by atoms with E-state index in [1.54, 1.807) is 18.2 Å². The van der Waals surface area contributed by atoms with Crippen molar-refractivity contribution in [2.75, 3.05) is 0 Å². The number of alkyl halides is 3. The van der Waals surface area contributed by atoms with Crippen molar-refractivity contribution in [3.63, 3.8) is 0 Å². The van der Waals surface area contributed by atoms with Gasteiger partial charge in [-0.25, -0.2) is 0 Å². The molecule has 0 bridgehead atoms. The van der Waals surface area contributed by atoms with Gasteiger partial charge in [0.1, 0.15) is 11.9 Å². The summed E-state index contributed by atoms with van der Waals surface area (Å²) >= 11 is 6.43. The summed E-state index contributed by atoms with van der Waals surface area (Å²) < 4.78 is 44.5. The molecule has 1 unspecified atom stereocenters. The van der Waals surface area contributed by atoms with Crippen LogP contribution in [-0.2, 0) is 6.18 Å². The standard InChI is InChI=1S/C24H22ClF3O/c1-16(2)14-23(18-6-4-3-5-7-18)29-20-12-13-21(22(25)15-20)17-8-10-19(11-9-17)24(26,27)28/h3-13,15-16,23H,14H2,1-2H3. The summed E-state index contributed by atoms with van der Waals surface area (Å²) in [6.45, 7) is 4.28. The summed E-state index contributed by atoms with van der Waals surface area (Å²) in [6.07, 6.45) is -3.62. The smallest absolute Gasteiger partial charge is 0.416 e. The maximum Gasteiger partial charge on any atom is 0.416 e. The molecule has 0 aliphatic carbocycles. The van der Waals surface area contributed by atoms with E-state index in [2.05, 4.69) is 13.8 Å². The zero-order valence-corrected chi connectivity index (χ0v) is 17.0. The fraction of sp³-hybridized carbons (Fsp3) is 0.250. The number of hydrogen-bond acceptors (Lipinski definition) is 1. The van der Waals surface area contributed by atoms with Crippen LogP contribution in [-0.4, -0.2) is 0 Å². The Morgan fingerprint density at radius 1 is 0.897 bits per heavy atom. The van der Waals surface area contributed by atoms with Crippen LogP contribution in [0.1, 0.15) is 37.5 Å². The van der Waals surface area contributed by atoms with Crippen LogP contribution in [0.25, 0.3) is 11.1 Å². The van der Waals surface area contributed by atoms with Crippen molar-refractivity contribution < 1.29 is 17.9 Å². The van der Waals surface area contributed by atoms with Crippen molar-refractivity contribution in [1.82, 2.24) is 0 Å². The number of hydrogen-bond donors (Lipinski definition) is 0. The van der Waals surface area contributed by atoms with Gasteiger partial charge < -0.3 is 4.74 Å². The minimum atomic E-state index is -4.36. The molecule has 0 aromatic heterocycles. The van der Waals surface area contributed by atoms with Crippen LogP contribution in [0.2, 0.25) is 5.02 Å². The number of halogens is 4. The highest BCUT2D eigenvalue weighted by Crippen LogP contribution is 2.36. The second-order valence-electron chi connectivity index (χ2n) is 7.36. The molecule has 0 fully saturated rings. The first-order chi connectivity index (χ1) is 13.7. The molecule has 5 heteroatoms. The fourth-order valence-electron chi connectivity index (χ4n) is 3.15. The highest BCUT2D eigenvalue weighted by Gasteiger charge is 2.30. The highest BCUT2D eigenvalue weighted by atomic mass is 35.5. The topological polar surface area (TPSA) is 9.23 Å². The summed E-state index contributed by atoms with van der Waals surface area (Å²) in [5, 5.41) is 0.429. The van der Waals surface area contributed by atoms with E-state index in [9.17, 15) is 13.2 Å². The lowest BCUT2D eigenvalue weighted by Crippen LogP contribution is -2.10. The quantitative estimate of drug-likeness (QED) is 0.392. The van der Waals surface area contributed by atoms with E-state index >= 15 is 0 Å². The second kappa shape index (κ2) is 8.91. The molecule has 1 atom stereocenters. The molecule has 3 aromatic rings. The van der Waals surface area contributed by atoms with Crippen LogP contribution in [0.3, 0.4) is 0 Å². The minimum Gasteiger partial charge on any atom is -0.486 e. The molecule has 0 heterocycles. The molecule has 3 aromatic carbocycles. The van der Waals surface area contributed by atoms with E-state index in [1.807, 2.05) is 30.3 Å². The third-order valence-electron chi connectivity index (χ3n) is 4.60. The summed E-state index contributed by atoms with van der Waals surface area (Å²) in [6, 6.07) is 20.2. The predicted octanol–water partition coefficient (Wildman–Crippen LogP) is 8.19. The van der Waals surface area contributed by atoms with Crippen LogP contribution in [0.15, 0.2) is 72.8 Å². The summed E-state index contributed by atoms with van der Waals surface area (Å²) in [5.41, 5.74) is 1.69. The molecule has 0 saturated carbocycles. The van der Waals surface area contributed by atoms with Gasteiger partial charge in [-0.3, -0.25) is 0 Å². The summed E-state index contributed by atoms with van der Waals surface area (Å²) in [7, 11) is 0. The number of ether oxygens (including phenoxy) is 1. The SMILES string of the molecule is CC(C)CC(Oc1ccc(-c2ccc(C(F)(F)F)cc2)c(Cl)c1)c1ccccc1. The molecule has 0 N–H and O–H groups in total. The largest absolute Gasteiger partial charge is 0.486 e. The first-order valence-corrected chi connectivity index (χ1v) is 9.80. The molecule has 0 spiro atoms. The van der Waals surface area contributed by atoms with Crippen LogP contribution in [0, 0.1) is 5.92 Å². The Bertz CT molecular complexity index is 935. The highest BCUT2D eigenvalue weighted by molar-refractivity contribution is 6.33. The van der Waals surface area contributed by atoms with Crippen LogP contribution >= 0.6 is 11.6 Å². The lowest BCUT2D eigenvalue weighted by atomic mass is 9.99. The van der Waals surface area contributed by atoms with Crippen LogP contribution < -0.4 is 4.74 Å². The number of benzene rings is 3. The number of rotatable bonds is 6. The maximum absolute atomic E-state index is 12.8. The first-order valence-electron chi connectivity index (χ1n) is 9.43. The molecule has 0 radical (unpaired) electrons. The minimum absolute atomic E-state index is 0.107. The Morgan fingerprint density at radius 3 is 2.10 bits per heavy atom. The van der Waals surface area contributed by atoms with Gasteiger partial charge >= 0.3 is 6.18 Å². The average molecular weight is 419 g/mol. The molecular formula is C24H22ClF3O. The Labute approximate surface area is 174 Å². The van der Waals surface area contributed by atoms with Crippen LogP contribution in [0.4, 0.5) is 13.2 Å². The van der Waals surface area contributed by atoms with Crippen molar-refractivity contribution in [1.29, 1.82) is 0 Å². The average Bonchev–Trinajstić information content (AvgIpc) is 2.67. The zero-order chi connectivity index (χ0) is 21.0. The monoisotopic (exact) mass is 418 g/mol. The van der Waals surface area contributed by atoms with E-state index in [1.165, 1.54) is 12.1 Å². The second-order valence-corrected chi connectivity index (χ2v) is 7.77. The van der Waals surface area contributed by atoms with Gasteiger partial charge in [0.05, 0.1) is 10.6 Å². The molecule has 1 nitrogen and oxygen atoms in total. The van der Waals surface area contributed by atoms with Gasteiger partial charge in [-0.05, 0) is 53.8 Å². The Balaban J connectivity index is 1.83. The van der Waals surface area contributed by atoms with Gasteiger partial charge in [-0.2, -0.15) is 13.2 Å². The maximum atomic E-state index is 12.8. The van der Waals surface area contributed by atoms with Crippen molar-refractivity contribution in [2.24, 2.45) is 5.92 Å². The van der Waals surface area contributed by atoms with Crippen LogP contribution in [0.5, 0.6) is 5.75 Å². The molecule has 0 saturated heterocycles. The zero-order valence-electron chi connectivity index (χ0n) is 16.2. The van der Waals surface area contributed by atoms with Crippen molar-refractivity contribution in [3.05, 3.63) is 88.9 Å². The third-order valence-corrected chi connectivity index (χ3v) is 4.91. The van der Waals surface area contributed by atoms with E-state index < -0.39 is 11.7 Å². The molecule has 152 valence electrons. The van der Waals surface area contributed by atoms with E-state index in [-0.39, 0.29) is 6.10 Å². The van der Waals surface area contributed by atoms with Gasteiger partial charge in [0, 0.05) is 5.56 Å². The Kier molecular flexibility index (Phi) is 6.53. The van der Waals surface area contributed by atoms with Gasteiger partial charge in [-0.1, -0.05) is 67.9 Å². The van der Waals surface area contributed by atoms with Gasteiger partial charge in [0.15, 0.2) is 0 Å². The summed E-state index contributed by atoms with van der Waals surface area (Å²) in [5.74, 6) is 1.07. The molecule has 29 heavy (non-hydrogen) atoms. The molecule has 0 aliphatic rings. The van der Waals surface area contributed by atoms with Gasteiger partial charge in [0.25, 0.3) is 0 Å². The normalized spacial score (nSPS) is 12.8. The summed E-state index contributed by atoms with van der Waals surface area (Å²) in [4.78, 5) is 0.